The summed E-state index contributed by atoms with van der Waals surface area (Å²) in [5.41, 5.74) is 1.68. The highest BCUT2D eigenvalue weighted by molar-refractivity contribution is 5.78. The molecule has 1 aromatic carbocycles. The normalized spacial score (nSPS) is 11.9. The zero-order chi connectivity index (χ0) is 13.5. The molecule has 1 amide bonds. The van der Waals surface area contributed by atoms with E-state index in [4.69, 9.17) is 5.26 Å². The third-order valence-corrected chi connectivity index (χ3v) is 2.86. The summed E-state index contributed by atoms with van der Waals surface area (Å²) in [5.74, 6) is -0.0235. The number of hydrogen-bond acceptors (Lipinski definition) is 3. The molecule has 1 atom stereocenters. The van der Waals surface area contributed by atoms with Gasteiger partial charge in [-0.25, -0.2) is 0 Å². The van der Waals surface area contributed by atoms with E-state index in [1.165, 1.54) is 0 Å². The Morgan fingerprint density at radius 1 is 1.50 bits per heavy atom. The molecule has 1 rings (SSSR count). The van der Waals surface area contributed by atoms with Gasteiger partial charge in [-0.2, -0.15) is 5.26 Å². The van der Waals surface area contributed by atoms with Crippen molar-refractivity contribution in [2.75, 3.05) is 20.6 Å². The van der Waals surface area contributed by atoms with Crippen LogP contribution < -0.4 is 5.32 Å². The standard InChI is InChI=1S/C14H19N3O/c1-11(14(18)16-2)9-17(3)10-13-7-5-4-6-12(13)8-15/h4-7,11H,9-10H2,1-3H3,(H,16,18). The van der Waals surface area contributed by atoms with E-state index < -0.39 is 0 Å². The van der Waals surface area contributed by atoms with Gasteiger partial charge in [-0.15, -0.1) is 0 Å². The first-order chi connectivity index (χ1) is 8.58. The fourth-order valence-electron chi connectivity index (χ4n) is 1.92. The van der Waals surface area contributed by atoms with Crippen LogP contribution in [0.4, 0.5) is 0 Å². The first-order valence-electron chi connectivity index (χ1n) is 5.96. The second kappa shape index (κ2) is 6.77. The van der Waals surface area contributed by atoms with Crippen molar-refractivity contribution in [2.45, 2.75) is 13.5 Å². The van der Waals surface area contributed by atoms with E-state index in [0.717, 1.165) is 5.56 Å². The van der Waals surface area contributed by atoms with E-state index in [9.17, 15) is 4.79 Å². The van der Waals surface area contributed by atoms with Crippen LogP contribution in [0, 0.1) is 17.2 Å². The summed E-state index contributed by atoms with van der Waals surface area (Å²) in [5, 5.41) is 11.6. The zero-order valence-electron chi connectivity index (χ0n) is 11.1. The number of carbonyl (C=O) groups is 1. The van der Waals surface area contributed by atoms with Gasteiger partial charge in [-0.1, -0.05) is 25.1 Å². The first kappa shape index (κ1) is 14.2. The third kappa shape index (κ3) is 3.86. The van der Waals surface area contributed by atoms with E-state index in [0.29, 0.717) is 18.7 Å². The molecule has 18 heavy (non-hydrogen) atoms. The van der Waals surface area contributed by atoms with E-state index >= 15 is 0 Å². The minimum absolute atomic E-state index is 0.0374. The van der Waals surface area contributed by atoms with Crippen LogP contribution in [0.5, 0.6) is 0 Å². The predicted molar refractivity (Wildman–Crippen MR) is 70.7 cm³/mol. The van der Waals surface area contributed by atoms with Crippen molar-refractivity contribution in [1.29, 1.82) is 5.26 Å². The van der Waals surface area contributed by atoms with Crippen molar-refractivity contribution >= 4 is 5.91 Å². The van der Waals surface area contributed by atoms with Crippen LogP contribution in [-0.4, -0.2) is 31.4 Å². The molecular formula is C14H19N3O. The van der Waals surface area contributed by atoms with Gasteiger partial charge in [0.1, 0.15) is 0 Å². The highest BCUT2D eigenvalue weighted by Gasteiger charge is 2.14. The fraction of sp³-hybridized carbons (Fsp3) is 0.429. The Balaban J connectivity index is 2.62. The molecule has 0 radical (unpaired) electrons. The molecule has 1 N–H and O–H groups in total. The van der Waals surface area contributed by atoms with Gasteiger partial charge < -0.3 is 10.2 Å². The number of rotatable bonds is 5. The Bertz CT molecular complexity index is 451. The van der Waals surface area contributed by atoms with E-state index in [-0.39, 0.29) is 11.8 Å². The van der Waals surface area contributed by atoms with Gasteiger partial charge in [0.05, 0.1) is 11.6 Å². The SMILES string of the molecule is CNC(=O)C(C)CN(C)Cc1ccccc1C#N. The highest BCUT2D eigenvalue weighted by Crippen LogP contribution is 2.10. The molecule has 0 saturated heterocycles. The van der Waals surface area contributed by atoms with Crippen molar-refractivity contribution < 1.29 is 4.79 Å². The molecular weight excluding hydrogens is 226 g/mol. The lowest BCUT2D eigenvalue weighted by molar-refractivity contribution is -0.124. The maximum absolute atomic E-state index is 11.4. The van der Waals surface area contributed by atoms with Crippen LogP contribution in [-0.2, 0) is 11.3 Å². The summed E-state index contributed by atoms with van der Waals surface area (Å²) in [4.78, 5) is 13.5. The molecule has 0 fully saturated rings. The number of nitrogens with one attached hydrogen (secondary N) is 1. The lowest BCUT2D eigenvalue weighted by Gasteiger charge is -2.20. The van der Waals surface area contributed by atoms with Gasteiger partial charge in [0, 0.05) is 26.1 Å². The summed E-state index contributed by atoms with van der Waals surface area (Å²) < 4.78 is 0. The van der Waals surface area contributed by atoms with Gasteiger partial charge in [0.2, 0.25) is 5.91 Å². The lowest BCUT2D eigenvalue weighted by atomic mass is 10.1. The summed E-state index contributed by atoms with van der Waals surface area (Å²) in [7, 11) is 3.59. The van der Waals surface area contributed by atoms with Gasteiger partial charge in [-0.05, 0) is 18.7 Å². The molecule has 0 spiro atoms. The van der Waals surface area contributed by atoms with Crippen LogP contribution >= 0.6 is 0 Å². The second-order valence-electron chi connectivity index (χ2n) is 4.48. The Labute approximate surface area is 108 Å². The molecule has 0 saturated carbocycles. The number of nitrogens with zero attached hydrogens (tertiary/aromatic N) is 2. The van der Waals surface area contributed by atoms with Gasteiger partial charge in [-0.3, -0.25) is 4.79 Å². The van der Waals surface area contributed by atoms with E-state index in [1.807, 2.05) is 38.2 Å². The van der Waals surface area contributed by atoms with Crippen molar-refractivity contribution in [3.8, 4) is 6.07 Å². The van der Waals surface area contributed by atoms with Crippen molar-refractivity contribution in [3.63, 3.8) is 0 Å². The maximum atomic E-state index is 11.4. The van der Waals surface area contributed by atoms with Crippen LogP contribution in [0.3, 0.4) is 0 Å². The lowest BCUT2D eigenvalue weighted by Crippen LogP contribution is -2.34. The largest absolute Gasteiger partial charge is 0.359 e. The average Bonchev–Trinajstić information content (AvgIpc) is 2.38. The number of carbonyl (C=O) groups excluding carboxylic acids is 1. The predicted octanol–water partition coefficient (Wildman–Crippen LogP) is 1.37. The Morgan fingerprint density at radius 2 is 2.17 bits per heavy atom. The molecule has 0 aliphatic rings. The molecule has 0 aromatic heterocycles. The molecule has 96 valence electrons. The topological polar surface area (TPSA) is 56.1 Å². The third-order valence-electron chi connectivity index (χ3n) is 2.86. The number of nitriles is 1. The van der Waals surface area contributed by atoms with Crippen LogP contribution in [0.1, 0.15) is 18.1 Å². The quantitative estimate of drug-likeness (QED) is 0.852. The minimum atomic E-state index is -0.0609. The molecule has 4 heteroatoms. The molecule has 0 aliphatic heterocycles. The minimum Gasteiger partial charge on any atom is -0.359 e. The van der Waals surface area contributed by atoms with Gasteiger partial charge in [0.25, 0.3) is 0 Å². The van der Waals surface area contributed by atoms with Crippen LogP contribution in [0.2, 0.25) is 0 Å². The monoisotopic (exact) mass is 245 g/mol. The van der Waals surface area contributed by atoms with Crippen molar-refractivity contribution in [3.05, 3.63) is 35.4 Å². The molecule has 1 aromatic rings. The summed E-state index contributed by atoms with van der Waals surface area (Å²) in [6.45, 7) is 3.23. The Hall–Kier alpha value is -1.86. The van der Waals surface area contributed by atoms with E-state index in [1.54, 1.807) is 7.05 Å². The number of amides is 1. The molecule has 0 heterocycles. The maximum Gasteiger partial charge on any atom is 0.223 e. The fourth-order valence-corrected chi connectivity index (χ4v) is 1.92. The Kier molecular flexibility index (Phi) is 5.34. The Morgan fingerprint density at radius 3 is 2.78 bits per heavy atom. The van der Waals surface area contributed by atoms with E-state index in [2.05, 4.69) is 16.3 Å². The summed E-state index contributed by atoms with van der Waals surface area (Å²) in [6.07, 6.45) is 0. The van der Waals surface area contributed by atoms with Gasteiger partial charge in [0.15, 0.2) is 0 Å². The smallest absolute Gasteiger partial charge is 0.223 e. The summed E-state index contributed by atoms with van der Waals surface area (Å²) >= 11 is 0. The van der Waals surface area contributed by atoms with Crippen LogP contribution in [0.15, 0.2) is 24.3 Å². The molecule has 0 aliphatic carbocycles. The molecule has 4 nitrogen and oxygen atoms in total. The van der Waals surface area contributed by atoms with Crippen molar-refractivity contribution in [2.24, 2.45) is 5.92 Å². The number of hydrogen-bond donors (Lipinski definition) is 1. The van der Waals surface area contributed by atoms with Crippen molar-refractivity contribution in [1.82, 2.24) is 10.2 Å². The van der Waals surface area contributed by atoms with Crippen LogP contribution in [0.25, 0.3) is 0 Å². The zero-order valence-corrected chi connectivity index (χ0v) is 11.1. The average molecular weight is 245 g/mol. The molecule has 0 bridgehead atoms. The van der Waals surface area contributed by atoms with Gasteiger partial charge >= 0.3 is 0 Å². The first-order valence-corrected chi connectivity index (χ1v) is 5.96. The second-order valence-corrected chi connectivity index (χ2v) is 4.48. The highest BCUT2D eigenvalue weighted by atomic mass is 16.1. The number of benzene rings is 1. The summed E-state index contributed by atoms with van der Waals surface area (Å²) in [6, 6.07) is 9.72. The molecule has 1 unspecified atom stereocenters.